The van der Waals surface area contributed by atoms with E-state index in [4.69, 9.17) is 0 Å². The van der Waals surface area contributed by atoms with Crippen molar-refractivity contribution < 1.29 is 9.59 Å². The third kappa shape index (κ3) is 6.20. The van der Waals surface area contributed by atoms with Crippen LogP contribution in [0.15, 0.2) is 18.2 Å². The van der Waals surface area contributed by atoms with Crippen molar-refractivity contribution in [2.45, 2.75) is 52.0 Å². The lowest BCUT2D eigenvalue weighted by molar-refractivity contribution is -0.117. The van der Waals surface area contributed by atoms with Gasteiger partial charge < -0.3 is 16.0 Å². The van der Waals surface area contributed by atoms with Crippen molar-refractivity contribution in [2.24, 2.45) is 0 Å². The van der Waals surface area contributed by atoms with Crippen molar-refractivity contribution in [3.05, 3.63) is 23.8 Å². The first kappa shape index (κ1) is 19.5. The molecule has 23 heavy (non-hydrogen) atoms. The van der Waals surface area contributed by atoms with Crippen molar-refractivity contribution in [1.82, 2.24) is 5.32 Å². The average molecular weight is 340 g/mol. The highest BCUT2D eigenvalue weighted by molar-refractivity contribution is 5.94. The molecule has 1 aliphatic rings. The predicted molar refractivity (Wildman–Crippen MR) is 96.2 cm³/mol. The molecule has 2 amide bonds. The molecule has 0 aromatic heterocycles. The fourth-order valence-electron chi connectivity index (χ4n) is 2.60. The van der Waals surface area contributed by atoms with Crippen molar-refractivity contribution >= 4 is 35.6 Å². The number of rotatable bonds is 6. The minimum absolute atomic E-state index is 0. The van der Waals surface area contributed by atoms with E-state index in [0.29, 0.717) is 24.6 Å². The molecule has 128 valence electrons. The molecule has 1 unspecified atom stereocenters. The Balaban J connectivity index is 0.00000264. The molecule has 1 heterocycles. The predicted octanol–water partition coefficient (Wildman–Crippen LogP) is 3.24. The second-order valence-corrected chi connectivity index (χ2v) is 5.81. The Bertz CT molecular complexity index is 543. The van der Waals surface area contributed by atoms with E-state index in [1.54, 1.807) is 0 Å². The molecule has 0 saturated carbocycles. The van der Waals surface area contributed by atoms with Crippen LogP contribution in [0.3, 0.4) is 0 Å². The molecule has 2 rings (SSSR count). The molecule has 1 fully saturated rings. The van der Waals surface area contributed by atoms with Gasteiger partial charge in [0.1, 0.15) is 0 Å². The lowest BCUT2D eigenvalue weighted by Gasteiger charge is -2.13. The van der Waals surface area contributed by atoms with Crippen LogP contribution in [-0.4, -0.2) is 24.4 Å². The Kier molecular flexibility index (Phi) is 8.06. The number of anilines is 2. The largest absolute Gasteiger partial charge is 0.326 e. The highest BCUT2D eigenvalue weighted by Crippen LogP contribution is 2.21. The van der Waals surface area contributed by atoms with Crippen molar-refractivity contribution in [3.8, 4) is 0 Å². The zero-order valence-electron chi connectivity index (χ0n) is 13.8. The Hall–Kier alpha value is -1.59. The second-order valence-electron chi connectivity index (χ2n) is 5.81. The van der Waals surface area contributed by atoms with E-state index in [2.05, 4.69) is 16.0 Å². The van der Waals surface area contributed by atoms with E-state index in [1.807, 2.05) is 32.0 Å². The van der Waals surface area contributed by atoms with Gasteiger partial charge in [-0.05, 0) is 50.4 Å². The SMILES string of the molecule is CCC(=O)Nc1ccc(C)c(NC(=O)CCC2CCCN2)c1.Cl. The molecule has 0 aliphatic carbocycles. The first-order valence-corrected chi connectivity index (χ1v) is 8.02. The van der Waals surface area contributed by atoms with Gasteiger partial charge in [-0.15, -0.1) is 12.4 Å². The normalized spacial score (nSPS) is 16.5. The summed E-state index contributed by atoms with van der Waals surface area (Å²) < 4.78 is 0. The van der Waals surface area contributed by atoms with Crippen LogP contribution in [-0.2, 0) is 9.59 Å². The molecule has 0 spiro atoms. The van der Waals surface area contributed by atoms with Gasteiger partial charge in [0.25, 0.3) is 0 Å². The molecule has 0 radical (unpaired) electrons. The third-order valence-corrected chi connectivity index (χ3v) is 4.00. The minimum Gasteiger partial charge on any atom is -0.326 e. The van der Waals surface area contributed by atoms with Crippen molar-refractivity contribution in [3.63, 3.8) is 0 Å². The fourth-order valence-corrected chi connectivity index (χ4v) is 2.60. The van der Waals surface area contributed by atoms with Crippen LogP contribution in [0.5, 0.6) is 0 Å². The minimum atomic E-state index is -0.0339. The maximum atomic E-state index is 12.1. The number of hydrogen-bond acceptors (Lipinski definition) is 3. The van der Waals surface area contributed by atoms with Crippen LogP contribution >= 0.6 is 12.4 Å². The third-order valence-electron chi connectivity index (χ3n) is 4.00. The van der Waals surface area contributed by atoms with E-state index in [0.717, 1.165) is 30.6 Å². The zero-order valence-corrected chi connectivity index (χ0v) is 14.6. The Labute approximate surface area is 144 Å². The number of carbonyl (C=O) groups is 2. The first-order chi connectivity index (χ1) is 10.6. The summed E-state index contributed by atoms with van der Waals surface area (Å²) in [4.78, 5) is 23.5. The fraction of sp³-hybridized carbons (Fsp3) is 0.529. The van der Waals surface area contributed by atoms with E-state index in [-0.39, 0.29) is 24.2 Å². The summed E-state index contributed by atoms with van der Waals surface area (Å²) in [6.07, 6.45) is 4.18. The second kappa shape index (κ2) is 9.53. The molecule has 0 bridgehead atoms. The highest BCUT2D eigenvalue weighted by Gasteiger charge is 2.15. The van der Waals surface area contributed by atoms with Gasteiger partial charge in [-0.2, -0.15) is 0 Å². The van der Waals surface area contributed by atoms with Crippen LogP contribution in [0.1, 0.15) is 44.6 Å². The van der Waals surface area contributed by atoms with Gasteiger partial charge in [-0.3, -0.25) is 9.59 Å². The molecular formula is C17H26ClN3O2. The van der Waals surface area contributed by atoms with E-state index in [9.17, 15) is 9.59 Å². The topological polar surface area (TPSA) is 70.2 Å². The monoisotopic (exact) mass is 339 g/mol. The molecule has 5 nitrogen and oxygen atoms in total. The summed E-state index contributed by atoms with van der Waals surface area (Å²) in [5.74, 6) is -0.00999. The number of hydrogen-bond donors (Lipinski definition) is 3. The molecule has 1 saturated heterocycles. The molecule has 3 N–H and O–H groups in total. The quantitative estimate of drug-likeness (QED) is 0.745. The standard InChI is InChI=1S/C17H25N3O2.ClH/c1-3-16(21)19-14-7-6-12(2)15(11-14)20-17(22)9-8-13-5-4-10-18-13;/h6-7,11,13,18H,3-5,8-10H2,1-2H3,(H,19,21)(H,20,22);1H. The van der Waals surface area contributed by atoms with Gasteiger partial charge in [0.2, 0.25) is 11.8 Å². The van der Waals surface area contributed by atoms with Crippen LogP contribution in [0, 0.1) is 6.92 Å². The van der Waals surface area contributed by atoms with Gasteiger partial charge in [0.15, 0.2) is 0 Å². The summed E-state index contributed by atoms with van der Waals surface area (Å²) in [6, 6.07) is 6.04. The van der Waals surface area contributed by atoms with Crippen molar-refractivity contribution in [2.75, 3.05) is 17.2 Å². The maximum absolute atomic E-state index is 12.1. The van der Waals surface area contributed by atoms with Gasteiger partial charge >= 0.3 is 0 Å². The summed E-state index contributed by atoms with van der Waals surface area (Å²) in [7, 11) is 0. The molecule has 1 aliphatic heterocycles. The van der Waals surface area contributed by atoms with Crippen LogP contribution < -0.4 is 16.0 Å². The number of benzene rings is 1. The molecular weight excluding hydrogens is 314 g/mol. The Morgan fingerprint density at radius 1 is 1.26 bits per heavy atom. The van der Waals surface area contributed by atoms with Crippen LogP contribution in [0.2, 0.25) is 0 Å². The van der Waals surface area contributed by atoms with Crippen LogP contribution in [0.4, 0.5) is 11.4 Å². The molecule has 6 heteroatoms. The van der Waals surface area contributed by atoms with Gasteiger partial charge in [-0.1, -0.05) is 13.0 Å². The number of halogens is 1. The van der Waals surface area contributed by atoms with E-state index < -0.39 is 0 Å². The zero-order chi connectivity index (χ0) is 15.9. The summed E-state index contributed by atoms with van der Waals surface area (Å²) in [5.41, 5.74) is 2.46. The van der Waals surface area contributed by atoms with E-state index >= 15 is 0 Å². The van der Waals surface area contributed by atoms with Gasteiger partial charge in [0.05, 0.1) is 0 Å². The highest BCUT2D eigenvalue weighted by atomic mass is 35.5. The molecule has 1 atom stereocenters. The Morgan fingerprint density at radius 2 is 2.04 bits per heavy atom. The van der Waals surface area contributed by atoms with Crippen molar-refractivity contribution in [1.29, 1.82) is 0 Å². The van der Waals surface area contributed by atoms with Crippen LogP contribution in [0.25, 0.3) is 0 Å². The summed E-state index contributed by atoms with van der Waals surface area (Å²) in [6.45, 7) is 4.81. The smallest absolute Gasteiger partial charge is 0.224 e. The number of amides is 2. The number of aryl methyl sites for hydroxylation is 1. The lowest BCUT2D eigenvalue weighted by Crippen LogP contribution is -2.23. The first-order valence-electron chi connectivity index (χ1n) is 8.02. The molecule has 1 aromatic rings. The van der Waals surface area contributed by atoms with E-state index in [1.165, 1.54) is 6.42 Å². The van der Waals surface area contributed by atoms with Gasteiger partial charge in [0, 0.05) is 30.3 Å². The van der Waals surface area contributed by atoms with Gasteiger partial charge in [-0.25, -0.2) is 0 Å². The lowest BCUT2D eigenvalue weighted by atomic mass is 10.1. The number of carbonyl (C=O) groups excluding carboxylic acids is 2. The summed E-state index contributed by atoms with van der Waals surface area (Å²) in [5, 5.41) is 9.15. The summed E-state index contributed by atoms with van der Waals surface area (Å²) >= 11 is 0. The maximum Gasteiger partial charge on any atom is 0.224 e. The average Bonchev–Trinajstić information content (AvgIpc) is 3.02. The number of nitrogens with one attached hydrogen (secondary N) is 3. The Morgan fingerprint density at radius 3 is 2.70 bits per heavy atom. The molecule has 1 aromatic carbocycles.